The van der Waals surface area contributed by atoms with Crippen LogP contribution in [0.15, 0.2) is 0 Å². The van der Waals surface area contributed by atoms with Crippen LogP contribution >= 0.6 is 0 Å². The van der Waals surface area contributed by atoms with E-state index in [1.165, 1.54) is 0 Å². The van der Waals surface area contributed by atoms with Crippen LogP contribution in [0.4, 0.5) is 0 Å². The zero-order valence-corrected chi connectivity index (χ0v) is 6.97. The van der Waals surface area contributed by atoms with Gasteiger partial charge in [0, 0.05) is 5.92 Å². The molecule has 0 saturated heterocycles. The van der Waals surface area contributed by atoms with Gasteiger partial charge in [-0.2, -0.15) is 0 Å². The summed E-state index contributed by atoms with van der Waals surface area (Å²) in [5.74, 6) is 0.496. The molecule has 0 amide bonds. The second kappa shape index (κ2) is 2.91. The van der Waals surface area contributed by atoms with E-state index in [0.29, 0.717) is 0 Å². The van der Waals surface area contributed by atoms with Crippen LogP contribution in [0.25, 0.3) is 0 Å². The number of nitrogens with two attached hydrogens (primary N) is 2. The third-order valence-electron chi connectivity index (χ3n) is 2.49. The Hall–Kier alpha value is -0.410. The molecule has 64 valence electrons. The minimum Gasteiger partial charge on any atom is -0.313 e. The lowest BCUT2D eigenvalue weighted by Crippen LogP contribution is -2.52. The molecule has 0 aromatic carbocycles. The van der Waals surface area contributed by atoms with Crippen molar-refractivity contribution >= 4 is 5.78 Å². The van der Waals surface area contributed by atoms with E-state index in [1.54, 1.807) is 6.92 Å². The van der Waals surface area contributed by atoms with Gasteiger partial charge in [-0.15, -0.1) is 0 Å². The number of carbonyl (C=O) groups is 1. The van der Waals surface area contributed by atoms with E-state index in [2.05, 4.69) is 0 Å². The van der Waals surface area contributed by atoms with E-state index in [4.69, 9.17) is 11.5 Å². The summed E-state index contributed by atoms with van der Waals surface area (Å²) in [6.45, 7) is 1.64. The fourth-order valence-corrected chi connectivity index (χ4v) is 1.56. The highest BCUT2D eigenvalue weighted by molar-refractivity contribution is 5.78. The molecular formula is C8H16N2O. The average molecular weight is 156 g/mol. The molecule has 0 aromatic rings. The second-order valence-electron chi connectivity index (χ2n) is 3.62. The Kier molecular flexibility index (Phi) is 2.30. The van der Waals surface area contributed by atoms with E-state index in [0.717, 1.165) is 25.7 Å². The Bertz CT molecular complexity index is 155. The lowest BCUT2D eigenvalue weighted by molar-refractivity contribution is -0.121. The fourth-order valence-electron chi connectivity index (χ4n) is 1.56. The first kappa shape index (κ1) is 8.68. The minimum atomic E-state index is -0.508. The van der Waals surface area contributed by atoms with Gasteiger partial charge in [-0.25, -0.2) is 0 Å². The molecule has 3 heteroatoms. The first-order chi connectivity index (χ1) is 5.01. The normalized spacial score (nSPS) is 25.0. The lowest BCUT2D eigenvalue weighted by Gasteiger charge is -2.32. The minimum absolute atomic E-state index is 0.218. The van der Waals surface area contributed by atoms with Gasteiger partial charge in [0.2, 0.25) is 0 Å². The maximum atomic E-state index is 10.9. The maximum Gasteiger partial charge on any atom is 0.132 e. The van der Waals surface area contributed by atoms with Crippen LogP contribution in [0.3, 0.4) is 0 Å². The van der Waals surface area contributed by atoms with Gasteiger partial charge in [0.05, 0.1) is 5.66 Å². The summed E-state index contributed by atoms with van der Waals surface area (Å²) in [6, 6.07) is 0. The van der Waals surface area contributed by atoms with Crippen molar-refractivity contribution in [3.05, 3.63) is 0 Å². The Morgan fingerprint density at radius 1 is 1.36 bits per heavy atom. The first-order valence-corrected chi connectivity index (χ1v) is 4.09. The van der Waals surface area contributed by atoms with E-state index >= 15 is 0 Å². The summed E-state index contributed by atoms with van der Waals surface area (Å²) in [5, 5.41) is 0. The molecule has 1 saturated carbocycles. The predicted molar refractivity (Wildman–Crippen MR) is 43.7 cm³/mol. The fraction of sp³-hybridized carbons (Fsp3) is 0.875. The van der Waals surface area contributed by atoms with Gasteiger partial charge in [0.25, 0.3) is 0 Å². The Labute approximate surface area is 67.1 Å². The Morgan fingerprint density at radius 3 is 2.18 bits per heavy atom. The van der Waals surface area contributed by atoms with Crippen molar-refractivity contribution in [2.45, 2.75) is 38.3 Å². The number of hydrogen-bond acceptors (Lipinski definition) is 3. The highest BCUT2D eigenvalue weighted by Crippen LogP contribution is 2.27. The highest BCUT2D eigenvalue weighted by atomic mass is 16.1. The first-order valence-electron chi connectivity index (χ1n) is 4.09. The van der Waals surface area contributed by atoms with Crippen LogP contribution in [0.1, 0.15) is 32.6 Å². The topological polar surface area (TPSA) is 69.1 Å². The average Bonchev–Trinajstić information content (AvgIpc) is 1.86. The number of carbonyl (C=O) groups excluding carboxylic acids is 1. The van der Waals surface area contributed by atoms with Gasteiger partial charge in [0.1, 0.15) is 5.78 Å². The number of rotatable bonds is 1. The van der Waals surface area contributed by atoms with Crippen molar-refractivity contribution in [2.24, 2.45) is 17.4 Å². The van der Waals surface area contributed by atoms with Crippen LogP contribution in [0.2, 0.25) is 0 Å². The summed E-state index contributed by atoms with van der Waals surface area (Å²) in [5.41, 5.74) is 10.9. The second-order valence-corrected chi connectivity index (χ2v) is 3.62. The van der Waals surface area contributed by atoms with Crippen LogP contribution in [-0.2, 0) is 4.79 Å². The smallest absolute Gasteiger partial charge is 0.132 e. The van der Waals surface area contributed by atoms with E-state index in [1.807, 2.05) is 0 Å². The molecule has 11 heavy (non-hydrogen) atoms. The third kappa shape index (κ3) is 2.27. The van der Waals surface area contributed by atoms with Crippen molar-refractivity contribution in [3.8, 4) is 0 Å². The molecule has 0 atom stereocenters. The molecule has 0 radical (unpaired) electrons. The van der Waals surface area contributed by atoms with Gasteiger partial charge in [0.15, 0.2) is 0 Å². The van der Waals surface area contributed by atoms with Gasteiger partial charge in [-0.3, -0.25) is 4.79 Å². The van der Waals surface area contributed by atoms with Crippen molar-refractivity contribution in [2.75, 3.05) is 0 Å². The lowest BCUT2D eigenvalue weighted by atomic mass is 9.81. The third-order valence-corrected chi connectivity index (χ3v) is 2.49. The Morgan fingerprint density at radius 2 is 1.82 bits per heavy atom. The van der Waals surface area contributed by atoms with Gasteiger partial charge < -0.3 is 11.5 Å². The molecule has 0 heterocycles. The molecule has 1 rings (SSSR count). The Balaban J connectivity index is 2.42. The summed E-state index contributed by atoms with van der Waals surface area (Å²) in [6.07, 6.45) is 3.28. The van der Waals surface area contributed by atoms with Crippen LogP contribution < -0.4 is 11.5 Å². The molecule has 0 spiro atoms. The largest absolute Gasteiger partial charge is 0.313 e. The molecule has 4 N–H and O–H groups in total. The van der Waals surface area contributed by atoms with Crippen LogP contribution in [0.5, 0.6) is 0 Å². The molecule has 1 fully saturated rings. The van der Waals surface area contributed by atoms with Crippen molar-refractivity contribution in [1.29, 1.82) is 0 Å². The molecule has 3 nitrogen and oxygen atoms in total. The summed E-state index contributed by atoms with van der Waals surface area (Å²) >= 11 is 0. The zero-order valence-electron chi connectivity index (χ0n) is 6.97. The maximum absolute atomic E-state index is 10.9. The van der Waals surface area contributed by atoms with E-state index in [-0.39, 0.29) is 11.7 Å². The monoisotopic (exact) mass is 156 g/mol. The standard InChI is InChI=1S/C8H16N2O/c1-6(11)7-2-4-8(9,10)5-3-7/h7H,2-5,9-10H2,1H3. The van der Waals surface area contributed by atoms with Gasteiger partial charge >= 0.3 is 0 Å². The van der Waals surface area contributed by atoms with Crippen molar-refractivity contribution < 1.29 is 4.79 Å². The zero-order chi connectivity index (χ0) is 8.48. The quantitative estimate of drug-likeness (QED) is 0.539. The molecular weight excluding hydrogens is 140 g/mol. The summed E-state index contributed by atoms with van der Waals surface area (Å²) < 4.78 is 0. The number of Topliss-reactive ketones (excluding diaryl/α,β-unsaturated/α-hetero) is 1. The molecule has 0 aromatic heterocycles. The van der Waals surface area contributed by atoms with Crippen LogP contribution in [0, 0.1) is 5.92 Å². The van der Waals surface area contributed by atoms with E-state index in [9.17, 15) is 4.79 Å². The van der Waals surface area contributed by atoms with Crippen molar-refractivity contribution in [1.82, 2.24) is 0 Å². The predicted octanol–water partition coefficient (Wildman–Crippen LogP) is 0.379. The number of ketones is 1. The summed E-state index contributed by atoms with van der Waals surface area (Å²) in [7, 11) is 0. The molecule has 1 aliphatic carbocycles. The molecule has 0 unspecified atom stereocenters. The molecule has 0 bridgehead atoms. The highest BCUT2D eigenvalue weighted by Gasteiger charge is 2.29. The van der Waals surface area contributed by atoms with Crippen LogP contribution in [-0.4, -0.2) is 11.4 Å². The molecule has 0 aliphatic heterocycles. The SMILES string of the molecule is CC(=O)C1CCC(N)(N)CC1. The summed E-state index contributed by atoms with van der Waals surface area (Å²) in [4.78, 5) is 10.9. The van der Waals surface area contributed by atoms with Gasteiger partial charge in [-0.1, -0.05) is 0 Å². The van der Waals surface area contributed by atoms with Gasteiger partial charge in [-0.05, 0) is 32.6 Å². The van der Waals surface area contributed by atoms with E-state index < -0.39 is 5.66 Å². The number of hydrogen-bond donors (Lipinski definition) is 2. The van der Waals surface area contributed by atoms with Crippen molar-refractivity contribution in [3.63, 3.8) is 0 Å². The molecule has 1 aliphatic rings.